The molecule has 0 aromatic carbocycles. The Morgan fingerprint density at radius 3 is 1.51 bits per heavy atom. The zero-order chi connectivity index (χ0) is 34.2. The molecule has 47 heavy (non-hydrogen) atoms. The van der Waals surface area contributed by atoms with Gasteiger partial charge in [0.15, 0.2) is 0 Å². The van der Waals surface area contributed by atoms with Gasteiger partial charge in [-0.1, -0.05) is 6.92 Å². The maximum atomic E-state index is 12.8. The molecule has 0 saturated heterocycles. The van der Waals surface area contributed by atoms with Gasteiger partial charge in [0, 0.05) is 35.8 Å². The van der Waals surface area contributed by atoms with Crippen LogP contribution in [0.25, 0.3) is 44.4 Å². The van der Waals surface area contributed by atoms with Crippen molar-refractivity contribution in [2.24, 2.45) is 0 Å². The Morgan fingerprint density at radius 1 is 0.596 bits per heavy atom. The van der Waals surface area contributed by atoms with Gasteiger partial charge in [0.05, 0.1) is 33.9 Å². The number of aromatic amines is 2. The van der Waals surface area contributed by atoms with Crippen LogP contribution >= 0.6 is 0 Å². The minimum Gasteiger partial charge on any atom is -0.481 e. The number of aromatic carboxylic acids is 1. The summed E-state index contributed by atoms with van der Waals surface area (Å²) >= 11 is 0. The minimum absolute atomic E-state index is 0.0986. The highest BCUT2D eigenvalue weighted by molar-refractivity contribution is 6.03. The molecule has 0 saturated carbocycles. The molecule has 0 radical (unpaired) electrons. The van der Waals surface area contributed by atoms with E-state index in [1.165, 1.54) is 0 Å². The van der Waals surface area contributed by atoms with E-state index in [2.05, 4.69) is 9.97 Å². The lowest BCUT2D eigenvalue weighted by Gasteiger charge is -2.03. The first kappa shape index (κ1) is 32.9. The maximum absolute atomic E-state index is 12.8. The number of carboxylic acid groups (broad SMARTS) is 4. The number of hydrogen-bond acceptors (Lipinski definition) is 6. The Balaban J connectivity index is 1.96. The van der Waals surface area contributed by atoms with Crippen molar-refractivity contribution in [2.45, 2.75) is 72.6 Å². The summed E-state index contributed by atoms with van der Waals surface area (Å²) in [6, 6.07) is 7.03. The van der Waals surface area contributed by atoms with Gasteiger partial charge >= 0.3 is 23.9 Å². The number of carbonyl (C=O) groups is 4. The molecule has 0 spiro atoms. The van der Waals surface area contributed by atoms with E-state index in [-0.39, 0.29) is 55.2 Å². The Bertz CT molecular complexity index is 2080. The van der Waals surface area contributed by atoms with Crippen LogP contribution in [0, 0.1) is 6.92 Å². The third-order valence-corrected chi connectivity index (χ3v) is 8.85. The lowest BCUT2D eigenvalue weighted by Crippen LogP contribution is -2.03. The van der Waals surface area contributed by atoms with E-state index in [4.69, 9.17) is 9.97 Å². The molecule has 0 atom stereocenters. The maximum Gasteiger partial charge on any atom is 0.338 e. The number of nitrogens with zero attached hydrogens (tertiary/aromatic N) is 2. The molecule has 2 aliphatic heterocycles. The second kappa shape index (κ2) is 13.1. The summed E-state index contributed by atoms with van der Waals surface area (Å²) < 4.78 is 0. The van der Waals surface area contributed by atoms with E-state index in [0.717, 1.165) is 39.7 Å². The molecule has 12 heteroatoms. The molecule has 6 N–H and O–H groups in total. The average Bonchev–Trinajstić information content (AvgIpc) is 3.67. The minimum atomic E-state index is -1.28. The third kappa shape index (κ3) is 6.57. The highest BCUT2D eigenvalue weighted by Gasteiger charge is 2.24. The van der Waals surface area contributed by atoms with Crippen LogP contribution in [-0.4, -0.2) is 64.2 Å². The fourth-order valence-corrected chi connectivity index (χ4v) is 6.37. The first-order chi connectivity index (χ1) is 22.3. The SMILES string of the molecule is CCc1c(C)c2cc3nc(cc4[nH]c(cc5nc(cc1[nH]2)C(C)=C5CCC(=O)O)c(C(=O)O)c4CCC(=O)O)C(CCC(=O)O)=C3C. The molecule has 0 aliphatic carbocycles. The Morgan fingerprint density at radius 2 is 1.02 bits per heavy atom. The molecular weight excluding hydrogens is 604 g/mol. The van der Waals surface area contributed by atoms with Crippen LogP contribution in [0.3, 0.4) is 0 Å². The fourth-order valence-electron chi connectivity index (χ4n) is 6.37. The topological polar surface area (TPSA) is 207 Å². The van der Waals surface area contributed by atoms with Crippen molar-refractivity contribution in [3.63, 3.8) is 0 Å². The molecule has 3 aromatic rings. The van der Waals surface area contributed by atoms with Crippen LogP contribution < -0.4 is 0 Å². The van der Waals surface area contributed by atoms with Gasteiger partial charge in [0.2, 0.25) is 0 Å². The van der Waals surface area contributed by atoms with Crippen LogP contribution in [0.5, 0.6) is 0 Å². The number of aromatic nitrogens is 4. The second-order valence-electron chi connectivity index (χ2n) is 11.8. The Labute approximate surface area is 269 Å². The summed E-state index contributed by atoms with van der Waals surface area (Å²) in [5, 5.41) is 38.8. The number of hydrogen-bond donors (Lipinski definition) is 6. The van der Waals surface area contributed by atoms with E-state index in [0.29, 0.717) is 39.4 Å². The summed E-state index contributed by atoms with van der Waals surface area (Å²) in [5.41, 5.74) is 9.32. The summed E-state index contributed by atoms with van der Waals surface area (Å²) in [5.74, 6) is -4.34. The van der Waals surface area contributed by atoms with Crippen molar-refractivity contribution in [2.75, 3.05) is 0 Å². The van der Waals surface area contributed by atoms with Crippen molar-refractivity contribution < 1.29 is 39.6 Å². The molecule has 8 bridgehead atoms. The number of rotatable bonds is 11. The van der Waals surface area contributed by atoms with Crippen molar-refractivity contribution in [3.05, 3.63) is 69.3 Å². The standard InChI is InChI=1S/C35H36N4O8/c1-5-19-16(2)23-12-24-17(3)20(6-9-31(40)41)27(37-24)14-29-22(8-11-33(44)45)34(35(46)47)30(39-29)15-28-21(7-10-32(42)43)18(4)25(38-28)13-26(19)36-23/h12-15,36,39H,5-11H2,1-4H3,(H,40,41)(H,42,43)(H,44,45)(H,46,47). The summed E-state index contributed by atoms with van der Waals surface area (Å²) in [7, 11) is 0. The van der Waals surface area contributed by atoms with E-state index in [1.54, 1.807) is 12.1 Å². The highest BCUT2D eigenvalue weighted by atomic mass is 16.4. The van der Waals surface area contributed by atoms with Crippen LogP contribution in [0.1, 0.15) is 103 Å². The van der Waals surface area contributed by atoms with Crippen molar-refractivity contribution in [1.29, 1.82) is 0 Å². The third-order valence-electron chi connectivity index (χ3n) is 8.85. The van der Waals surface area contributed by atoms with E-state index in [1.807, 2.05) is 39.8 Å². The highest BCUT2D eigenvalue weighted by Crippen LogP contribution is 2.37. The number of H-pyrrole nitrogens is 2. The van der Waals surface area contributed by atoms with Gasteiger partial charge in [0.1, 0.15) is 0 Å². The van der Waals surface area contributed by atoms with Crippen LogP contribution in [0.4, 0.5) is 0 Å². The van der Waals surface area contributed by atoms with Gasteiger partial charge in [-0.2, -0.15) is 0 Å². The predicted molar refractivity (Wildman–Crippen MR) is 177 cm³/mol. The lowest BCUT2D eigenvalue weighted by molar-refractivity contribution is -0.137. The van der Waals surface area contributed by atoms with Gasteiger partial charge in [0.25, 0.3) is 0 Å². The number of carboxylic acids is 4. The number of aryl methyl sites for hydroxylation is 3. The molecular formula is C35H36N4O8. The number of fused-ring (bicyclic) bond motifs is 8. The first-order valence-corrected chi connectivity index (χ1v) is 15.3. The van der Waals surface area contributed by atoms with Crippen molar-refractivity contribution in [3.8, 4) is 0 Å². The summed E-state index contributed by atoms with van der Waals surface area (Å²) in [6.45, 7) is 7.78. The monoisotopic (exact) mass is 640 g/mol. The van der Waals surface area contributed by atoms with Crippen LogP contribution in [0.2, 0.25) is 0 Å². The fraction of sp³-hybridized carbons (Fsp3) is 0.314. The van der Waals surface area contributed by atoms with Crippen molar-refractivity contribution >= 4 is 68.2 Å². The normalized spacial score (nSPS) is 12.9. The average molecular weight is 641 g/mol. The zero-order valence-corrected chi connectivity index (χ0v) is 26.6. The van der Waals surface area contributed by atoms with Crippen LogP contribution in [-0.2, 0) is 27.2 Å². The Hall–Kier alpha value is -5.52. The molecule has 0 fully saturated rings. The molecule has 3 aromatic heterocycles. The zero-order valence-electron chi connectivity index (χ0n) is 26.6. The lowest BCUT2D eigenvalue weighted by atomic mass is 9.99. The Kier molecular flexibility index (Phi) is 9.14. The first-order valence-electron chi connectivity index (χ1n) is 15.3. The van der Waals surface area contributed by atoms with Gasteiger partial charge in [-0.15, -0.1) is 0 Å². The second-order valence-corrected chi connectivity index (χ2v) is 11.8. The van der Waals surface area contributed by atoms with Gasteiger partial charge in [-0.05, 0) is 110 Å². The summed E-state index contributed by atoms with van der Waals surface area (Å²) in [4.78, 5) is 63.9. The van der Waals surface area contributed by atoms with E-state index >= 15 is 0 Å². The molecule has 244 valence electrons. The van der Waals surface area contributed by atoms with Gasteiger partial charge in [-0.3, -0.25) is 14.4 Å². The quantitative estimate of drug-likeness (QED) is 0.134. The number of allylic oxidation sites excluding steroid dienone is 4. The number of nitrogens with one attached hydrogen (secondary N) is 2. The molecule has 5 heterocycles. The van der Waals surface area contributed by atoms with Crippen LogP contribution in [0.15, 0.2) is 24.3 Å². The predicted octanol–water partition coefficient (Wildman–Crippen LogP) is 6.49. The molecule has 12 nitrogen and oxygen atoms in total. The molecule has 0 amide bonds. The van der Waals surface area contributed by atoms with Gasteiger partial charge in [-0.25, -0.2) is 14.8 Å². The number of aliphatic carboxylic acids is 3. The van der Waals surface area contributed by atoms with E-state index < -0.39 is 23.9 Å². The smallest absolute Gasteiger partial charge is 0.338 e. The van der Waals surface area contributed by atoms with E-state index in [9.17, 15) is 39.6 Å². The van der Waals surface area contributed by atoms with Gasteiger partial charge < -0.3 is 30.4 Å². The largest absolute Gasteiger partial charge is 0.481 e. The molecule has 5 rings (SSSR count). The molecule has 2 aliphatic rings. The molecule has 0 unspecified atom stereocenters. The summed E-state index contributed by atoms with van der Waals surface area (Å²) in [6.07, 6.45) is 0.328. The van der Waals surface area contributed by atoms with Crippen molar-refractivity contribution in [1.82, 2.24) is 19.9 Å².